The van der Waals surface area contributed by atoms with Gasteiger partial charge in [-0.1, -0.05) is 54.1 Å². The molecule has 2 atom stereocenters. The smallest absolute Gasteiger partial charge is 0.335 e. The fourth-order valence-corrected chi connectivity index (χ4v) is 4.03. The van der Waals surface area contributed by atoms with Crippen molar-refractivity contribution in [3.8, 4) is 0 Å². The van der Waals surface area contributed by atoms with Gasteiger partial charge in [0.1, 0.15) is 0 Å². The maximum atomic E-state index is 11.2. The van der Waals surface area contributed by atoms with Gasteiger partial charge in [0.15, 0.2) is 0 Å². The molecule has 2 aromatic rings. The van der Waals surface area contributed by atoms with Crippen molar-refractivity contribution in [2.75, 3.05) is 20.6 Å². The van der Waals surface area contributed by atoms with Crippen molar-refractivity contribution in [2.45, 2.75) is 25.2 Å². The minimum Gasteiger partial charge on any atom is -0.478 e. The maximum Gasteiger partial charge on any atom is 0.335 e. The largest absolute Gasteiger partial charge is 0.478 e. The first-order valence-corrected chi connectivity index (χ1v) is 9.25. The van der Waals surface area contributed by atoms with E-state index in [0.29, 0.717) is 17.4 Å². The minimum atomic E-state index is -0.873. The van der Waals surface area contributed by atoms with E-state index >= 15 is 0 Å². The molecule has 0 spiro atoms. The highest BCUT2D eigenvalue weighted by molar-refractivity contribution is 5.88. The second kappa shape index (κ2) is 8.33. The summed E-state index contributed by atoms with van der Waals surface area (Å²) in [6.45, 7) is 1.10. The number of hydrogen-bond donors (Lipinski definition) is 1. The third kappa shape index (κ3) is 4.61. The van der Waals surface area contributed by atoms with Gasteiger partial charge < -0.3 is 10.0 Å². The van der Waals surface area contributed by atoms with Gasteiger partial charge in [-0.2, -0.15) is 0 Å². The second-order valence-corrected chi connectivity index (χ2v) is 7.52. The van der Waals surface area contributed by atoms with E-state index in [9.17, 15) is 9.90 Å². The summed E-state index contributed by atoms with van der Waals surface area (Å²) >= 11 is 0. The van der Waals surface area contributed by atoms with Crippen molar-refractivity contribution in [2.24, 2.45) is 5.92 Å². The lowest BCUT2D eigenvalue weighted by atomic mass is 9.73. The zero-order valence-corrected chi connectivity index (χ0v) is 15.6. The number of aromatic carboxylic acids is 1. The van der Waals surface area contributed by atoms with Crippen molar-refractivity contribution in [3.05, 3.63) is 76.9 Å². The zero-order valence-electron chi connectivity index (χ0n) is 15.6. The molecule has 0 aromatic heterocycles. The molecular weight excluding hydrogens is 322 g/mol. The molecule has 0 saturated heterocycles. The first kappa shape index (κ1) is 18.4. The molecule has 1 aliphatic carbocycles. The lowest BCUT2D eigenvalue weighted by molar-refractivity contribution is 0.0697. The molecule has 0 unspecified atom stereocenters. The van der Waals surface area contributed by atoms with Crippen LogP contribution in [0.4, 0.5) is 0 Å². The van der Waals surface area contributed by atoms with Crippen LogP contribution in [-0.4, -0.2) is 36.6 Å². The van der Waals surface area contributed by atoms with Gasteiger partial charge in [-0.3, -0.25) is 0 Å². The molecule has 0 bridgehead atoms. The number of carbonyl (C=O) groups is 1. The third-order valence-electron chi connectivity index (χ3n) is 5.22. The van der Waals surface area contributed by atoms with Crippen molar-refractivity contribution in [3.63, 3.8) is 0 Å². The third-order valence-corrected chi connectivity index (χ3v) is 5.22. The molecule has 1 saturated carbocycles. The van der Waals surface area contributed by atoms with E-state index in [0.717, 1.165) is 24.9 Å². The maximum absolute atomic E-state index is 11.2. The van der Waals surface area contributed by atoms with Crippen molar-refractivity contribution >= 4 is 12.0 Å². The number of benzene rings is 2. The van der Waals surface area contributed by atoms with Crippen molar-refractivity contribution < 1.29 is 9.90 Å². The van der Waals surface area contributed by atoms with Gasteiger partial charge in [0.05, 0.1) is 5.56 Å². The average Bonchev–Trinajstić information content (AvgIpc) is 2.63. The quantitative estimate of drug-likeness (QED) is 0.833. The van der Waals surface area contributed by atoms with Crippen LogP contribution in [0.2, 0.25) is 0 Å². The Labute approximate surface area is 156 Å². The Balaban J connectivity index is 1.85. The fraction of sp³-hybridized carbons (Fsp3) is 0.348. The van der Waals surface area contributed by atoms with E-state index in [2.05, 4.69) is 55.4 Å². The topological polar surface area (TPSA) is 40.5 Å². The molecule has 26 heavy (non-hydrogen) atoms. The molecular formula is C23H27NO2. The van der Waals surface area contributed by atoms with Crippen LogP contribution >= 0.6 is 0 Å². The molecule has 0 radical (unpaired) electrons. The number of allylic oxidation sites excluding steroid dienone is 1. The van der Waals surface area contributed by atoms with Crippen LogP contribution < -0.4 is 0 Å². The zero-order chi connectivity index (χ0) is 18.5. The minimum absolute atomic E-state index is 0.347. The van der Waals surface area contributed by atoms with Gasteiger partial charge in [0.2, 0.25) is 0 Å². The predicted octanol–water partition coefficient (Wildman–Crippen LogP) is 4.91. The van der Waals surface area contributed by atoms with Crippen molar-refractivity contribution in [1.29, 1.82) is 0 Å². The highest BCUT2D eigenvalue weighted by Crippen LogP contribution is 2.41. The summed E-state index contributed by atoms with van der Waals surface area (Å²) in [6.07, 6.45) is 5.48. The Hall–Kier alpha value is -2.39. The number of hydrogen-bond acceptors (Lipinski definition) is 2. The van der Waals surface area contributed by atoms with Crippen molar-refractivity contribution in [1.82, 2.24) is 4.90 Å². The molecule has 136 valence electrons. The predicted molar refractivity (Wildman–Crippen MR) is 106 cm³/mol. The summed E-state index contributed by atoms with van der Waals surface area (Å²) in [5.41, 5.74) is 4.15. The van der Waals surface area contributed by atoms with Crippen LogP contribution in [0.1, 0.15) is 46.7 Å². The van der Waals surface area contributed by atoms with Crippen LogP contribution in [0, 0.1) is 5.92 Å². The molecule has 0 heterocycles. The number of nitrogens with zero attached hydrogens (tertiary/aromatic N) is 1. The summed E-state index contributed by atoms with van der Waals surface area (Å²) in [4.78, 5) is 13.5. The van der Waals surface area contributed by atoms with Crippen LogP contribution in [0.15, 0.2) is 60.2 Å². The van der Waals surface area contributed by atoms with Gasteiger partial charge >= 0.3 is 5.97 Å². The van der Waals surface area contributed by atoms with Crippen LogP contribution in [0.5, 0.6) is 0 Å². The summed E-state index contributed by atoms with van der Waals surface area (Å²) in [5, 5.41) is 9.20. The van der Waals surface area contributed by atoms with Gasteiger partial charge in [0.25, 0.3) is 0 Å². The van der Waals surface area contributed by atoms with Crippen LogP contribution in [0.3, 0.4) is 0 Å². The normalized spacial score (nSPS) is 21.9. The summed E-state index contributed by atoms with van der Waals surface area (Å²) in [6, 6.07) is 18.0. The molecule has 3 heteroatoms. The van der Waals surface area contributed by atoms with Gasteiger partial charge in [-0.25, -0.2) is 4.79 Å². The number of rotatable bonds is 5. The molecule has 0 amide bonds. The molecule has 3 rings (SSSR count). The molecule has 1 aliphatic rings. The lowest BCUT2D eigenvalue weighted by Gasteiger charge is -2.35. The Bertz CT molecular complexity index is 780. The standard InChI is InChI=1S/C23H27NO2/c1-24(2)16-21-12-11-18(15-22(21)19-8-4-3-5-9-19)13-17-7-6-10-20(14-17)23(25)26/h3-10,13-14,21-22H,11-12,15-16H2,1-2H3,(H,25,26)/b18-13+/t21-,22-/m1/s1. The summed E-state index contributed by atoms with van der Waals surface area (Å²) < 4.78 is 0. The molecule has 1 fully saturated rings. The molecule has 3 nitrogen and oxygen atoms in total. The number of carboxylic acid groups (broad SMARTS) is 1. The van der Waals surface area contributed by atoms with Gasteiger partial charge in [0, 0.05) is 6.54 Å². The summed E-state index contributed by atoms with van der Waals surface area (Å²) in [5.74, 6) is 0.290. The van der Waals surface area contributed by atoms with Crippen LogP contribution in [-0.2, 0) is 0 Å². The monoisotopic (exact) mass is 349 g/mol. The lowest BCUT2D eigenvalue weighted by Crippen LogP contribution is -2.29. The molecule has 2 aromatic carbocycles. The van der Waals surface area contributed by atoms with E-state index in [1.165, 1.54) is 17.6 Å². The highest BCUT2D eigenvalue weighted by Gasteiger charge is 2.29. The van der Waals surface area contributed by atoms with E-state index in [-0.39, 0.29) is 0 Å². The molecule has 1 N–H and O–H groups in total. The molecule has 0 aliphatic heterocycles. The van der Waals surface area contributed by atoms with E-state index < -0.39 is 5.97 Å². The van der Waals surface area contributed by atoms with Gasteiger partial charge in [-0.15, -0.1) is 0 Å². The highest BCUT2D eigenvalue weighted by atomic mass is 16.4. The van der Waals surface area contributed by atoms with E-state index in [1.54, 1.807) is 12.1 Å². The first-order chi connectivity index (χ1) is 12.5. The Morgan fingerprint density at radius 2 is 1.92 bits per heavy atom. The van der Waals surface area contributed by atoms with E-state index in [4.69, 9.17) is 0 Å². The Kier molecular flexibility index (Phi) is 5.89. The Morgan fingerprint density at radius 1 is 1.15 bits per heavy atom. The second-order valence-electron chi connectivity index (χ2n) is 7.52. The van der Waals surface area contributed by atoms with Gasteiger partial charge in [-0.05, 0) is 68.5 Å². The first-order valence-electron chi connectivity index (χ1n) is 9.25. The number of carboxylic acids is 1. The Morgan fingerprint density at radius 3 is 2.62 bits per heavy atom. The summed E-state index contributed by atoms with van der Waals surface area (Å²) in [7, 11) is 4.29. The average molecular weight is 349 g/mol. The SMILES string of the molecule is CN(C)C[C@H]1CC/C(=C\c2cccc(C(=O)O)c2)C[C@@H]1c1ccccc1. The van der Waals surface area contributed by atoms with E-state index in [1.807, 2.05) is 12.1 Å². The van der Waals surface area contributed by atoms with Crippen LogP contribution in [0.25, 0.3) is 6.08 Å². The fourth-order valence-electron chi connectivity index (χ4n) is 4.03.